The van der Waals surface area contributed by atoms with Crippen molar-refractivity contribution in [3.63, 3.8) is 0 Å². The molecule has 0 spiro atoms. The fourth-order valence-electron chi connectivity index (χ4n) is 2.51. The third kappa shape index (κ3) is 4.27. The van der Waals surface area contributed by atoms with Crippen LogP contribution < -0.4 is 15.4 Å². The average Bonchev–Trinajstić information content (AvgIpc) is 2.69. The highest BCUT2D eigenvalue weighted by atomic mass is 35.5. The number of carbonyl (C=O) groups excluding carboxylic acids is 2. The maximum Gasteiger partial charge on any atom is 0.410 e. The number of amides is 1. The molecule has 0 bridgehead atoms. The Kier molecular flexibility index (Phi) is 5.56. The number of primary amides is 1. The van der Waals surface area contributed by atoms with E-state index in [1.807, 2.05) is 24.1 Å². The van der Waals surface area contributed by atoms with E-state index in [0.29, 0.717) is 5.02 Å². The number of ether oxygens (including phenoxy) is 1. The van der Waals surface area contributed by atoms with Crippen LogP contribution in [0.1, 0.15) is 16.1 Å². The number of rotatable bonds is 5. The number of ketones is 1. The molecule has 0 unspecified atom stereocenters. The molecule has 3 aromatic rings. The van der Waals surface area contributed by atoms with Gasteiger partial charge in [-0.05, 0) is 54.6 Å². The number of nitrogens with zero attached hydrogens (tertiary/aromatic N) is 2. The summed E-state index contributed by atoms with van der Waals surface area (Å²) in [5.41, 5.74) is 6.83. The lowest BCUT2D eigenvalue weighted by Crippen LogP contribution is -2.17. The van der Waals surface area contributed by atoms with Crippen LogP contribution in [-0.2, 0) is 0 Å². The first-order chi connectivity index (χ1) is 13.3. The van der Waals surface area contributed by atoms with Gasteiger partial charge >= 0.3 is 6.09 Å². The highest BCUT2D eigenvalue weighted by Crippen LogP contribution is 2.25. The molecule has 28 heavy (non-hydrogen) atoms. The van der Waals surface area contributed by atoms with Crippen LogP contribution in [0, 0.1) is 5.82 Å². The van der Waals surface area contributed by atoms with Crippen molar-refractivity contribution in [1.29, 1.82) is 0 Å². The van der Waals surface area contributed by atoms with Gasteiger partial charge < -0.3 is 15.4 Å². The number of anilines is 2. The summed E-state index contributed by atoms with van der Waals surface area (Å²) in [7, 11) is 1.86. The molecule has 1 amide bonds. The Morgan fingerprint density at radius 2 is 1.75 bits per heavy atom. The number of carbonyl (C=O) groups is 2. The van der Waals surface area contributed by atoms with Gasteiger partial charge in [-0.15, -0.1) is 0 Å². The minimum absolute atomic E-state index is 0.115. The minimum atomic E-state index is -1.17. The third-order valence-corrected chi connectivity index (χ3v) is 4.24. The number of aromatic nitrogens is 1. The van der Waals surface area contributed by atoms with Crippen LogP contribution in [-0.4, -0.2) is 23.9 Å². The van der Waals surface area contributed by atoms with Gasteiger partial charge in [0.25, 0.3) is 0 Å². The van der Waals surface area contributed by atoms with Gasteiger partial charge in [0.2, 0.25) is 5.78 Å². The highest BCUT2D eigenvalue weighted by molar-refractivity contribution is 6.30. The minimum Gasteiger partial charge on any atom is -0.407 e. The zero-order valence-electron chi connectivity index (χ0n) is 14.7. The Morgan fingerprint density at radius 3 is 2.36 bits per heavy atom. The Labute approximate surface area is 165 Å². The summed E-state index contributed by atoms with van der Waals surface area (Å²) in [6.07, 6.45) is 0.378. The van der Waals surface area contributed by atoms with Crippen molar-refractivity contribution in [3.8, 4) is 5.75 Å². The predicted octanol–water partition coefficient (Wildman–Crippen LogP) is 4.33. The van der Waals surface area contributed by atoms with E-state index in [4.69, 9.17) is 17.3 Å². The van der Waals surface area contributed by atoms with Gasteiger partial charge in [0.05, 0.1) is 11.9 Å². The number of benzene rings is 2. The molecular weight excluding hydrogens is 385 g/mol. The van der Waals surface area contributed by atoms with Crippen LogP contribution in [0.2, 0.25) is 5.02 Å². The fraction of sp³-hybridized carbons (Fsp3) is 0.0500. The molecule has 0 saturated heterocycles. The quantitative estimate of drug-likeness (QED) is 0.645. The largest absolute Gasteiger partial charge is 0.410 e. The molecule has 8 heteroatoms. The van der Waals surface area contributed by atoms with Crippen LogP contribution in [0.15, 0.2) is 60.8 Å². The van der Waals surface area contributed by atoms with Crippen LogP contribution >= 0.6 is 11.6 Å². The lowest BCUT2D eigenvalue weighted by Gasteiger charge is -2.19. The van der Waals surface area contributed by atoms with E-state index in [2.05, 4.69) is 9.72 Å². The van der Waals surface area contributed by atoms with Crippen molar-refractivity contribution < 1.29 is 18.7 Å². The van der Waals surface area contributed by atoms with E-state index in [9.17, 15) is 14.0 Å². The molecule has 0 aliphatic rings. The van der Waals surface area contributed by atoms with Gasteiger partial charge in [0.15, 0.2) is 11.6 Å². The van der Waals surface area contributed by atoms with Crippen LogP contribution in [0.3, 0.4) is 0 Å². The predicted molar refractivity (Wildman–Crippen MR) is 104 cm³/mol. The van der Waals surface area contributed by atoms with Gasteiger partial charge in [-0.3, -0.25) is 9.78 Å². The van der Waals surface area contributed by atoms with Crippen molar-refractivity contribution in [2.45, 2.75) is 0 Å². The average molecular weight is 400 g/mol. The molecule has 2 aromatic carbocycles. The van der Waals surface area contributed by atoms with Crippen molar-refractivity contribution in [3.05, 3.63) is 82.9 Å². The van der Waals surface area contributed by atoms with Crippen LogP contribution in [0.25, 0.3) is 0 Å². The maximum absolute atomic E-state index is 13.7. The van der Waals surface area contributed by atoms with Crippen LogP contribution in [0.5, 0.6) is 5.75 Å². The van der Waals surface area contributed by atoms with Gasteiger partial charge in [-0.2, -0.15) is 0 Å². The lowest BCUT2D eigenvalue weighted by atomic mass is 10.1. The van der Waals surface area contributed by atoms with E-state index < -0.39 is 23.4 Å². The monoisotopic (exact) mass is 399 g/mol. The Balaban J connectivity index is 1.82. The van der Waals surface area contributed by atoms with Crippen LogP contribution in [0.4, 0.5) is 20.6 Å². The van der Waals surface area contributed by atoms with Crippen molar-refractivity contribution in [1.82, 2.24) is 4.98 Å². The summed E-state index contributed by atoms with van der Waals surface area (Å²) in [6, 6.07) is 14.0. The second kappa shape index (κ2) is 8.06. The normalized spacial score (nSPS) is 10.4. The molecule has 1 heterocycles. The fourth-order valence-corrected chi connectivity index (χ4v) is 2.64. The summed E-state index contributed by atoms with van der Waals surface area (Å²) < 4.78 is 18.2. The Hall–Kier alpha value is -3.45. The van der Waals surface area contributed by atoms with E-state index in [0.717, 1.165) is 23.5 Å². The first kappa shape index (κ1) is 19.3. The zero-order valence-corrected chi connectivity index (χ0v) is 15.5. The molecule has 3 rings (SSSR count). The van der Waals surface area contributed by atoms with Gasteiger partial charge in [-0.25, -0.2) is 9.18 Å². The van der Waals surface area contributed by atoms with Gasteiger partial charge in [0, 0.05) is 23.3 Å². The third-order valence-electron chi connectivity index (χ3n) is 3.99. The zero-order chi connectivity index (χ0) is 20.3. The van der Waals surface area contributed by atoms with Crippen molar-refractivity contribution >= 4 is 34.9 Å². The van der Waals surface area contributed by atoms with E-state index in [1.165, 1.54) is 6.07 Å². The van der Waals surface area contributed by atoms with E-state index in [-0.39, 0.29) is 11.3 Å². The lowest BCUT2D eigenvalue weighted by molar-refractivity contribution is 0.103. The summed E-state index contributed by atoms with van der Waals surface area (Å²) in [5.74, 6) is -1.67. The first-order valence-corrected chi connectivity index (χ1v) is 8.50. The molecule has 0 aliphatic carbocycles. The molecule has 142 valence electrons. The molecule has 0 atom stereocenters. The summed E-state index contributed by atoms with van der Waals surface area (Å²) >= 11 is 5.90. The second-order valence-corrected chi connectivity index (χ2v) is 6.27. The molecule has 0 saturated carbocycles. The molecule has 2 N–H and O–H groups in total. The number of pyridine rings is 1. The Morgan fingerprint density at radius 1 is 1.07 bits per heavy atom. The molecule has 0 aliphatic heterocycles. The van der Waals surface area contributed by atoms with E-state index in [1.54, 1.807) is 30.5 Å². The molecule has 6 nitrogen and oxygen atoms in total. The molecule has 0 fully saturated rings. The van der Waals surface area contributed by atoms with Gasteiger partial charge in [-0.1, -0.05) is 11.6 Å². The van der Waals surface area contributed by atoms with E-state index >= 15 is 0 Å². The maximum atomic E-state index is 13.7. The highest BCUT2D eigenvalue weighted by Gasteiger charge is 2.16. The molecular formula is C20H15ClFN3O3. The SMILES string of the molecule is CN(c1ccc(Cl)cc1)c1ccc(C(=O)c2ccc(F)c(OC(N)=O)c2)nc1. The number of halogens is 2. The summed E-state index contributed by atoms with van der Waals surface area (Å²) in [4.78, 5) is 29.5. The Bertz CT molecular complexity index is 1020. The molecule has 0 radical (unpaired) electrons. The molecule has 1 aromatic heterocycles. The first-order valence-electron chi connectivity index (χ1n) is 8.12. The number of hydrogen-bond acceptors (Lipinski definition) is 5. The number of nitrogens with two attached hydrogens (primary N) is 1. The van der Waals surface area contributed by atoms with Crippen molar-refractivity contribution in [2.75, 3.05) is 11.9 Å². The smallest absolute Gasteiger partial charge is 0.407 e. The van der Waals surface area contributed by atoms with Crippen molar-refractivity contribution in [2.24, 2.45) is 5.73 Å². The number of hydrogen-bond donors (Lipinski definition) is 1. The standard InChI is InChI=1S/C20H15ClFN3O3/c1-25(14-5-3-13(21)4-6-14)15-7-9-17(24-11-15)19(26)12-2-8-16(22)18(10-12)28-20(23)27/h2-11H,1H3,(H2,23,27). The topological polar surface area (TPSA) is 85.5 Å². The second-order valence-electron chi connectivity index (χ2n) is 5.83. The van der Waals surface area contributed by atoms with Gasteiger partial charge in [0.1, 0.15) is 5.69 Å². The summed E-state index contributed by atoms with van der Waals surface area (Å²) in [6.45, 7) is 0. The summed E-state index contributed by atoms with van der Waals surface area (Å²) in [5, 5.41) is 0.634.